The molecule has 0 atom stereocenters. The molecule has 0 fully saturated rings. The second-order valence-corrected chi connectivity index (χ2v) is 4.57. The summed E-state index contributed by atoms with van der Waals surface area (Å²) in [5.41, 5.74) is 0.888. The smallest absolute Gasteiger partial charge is 0.399 e. The Balaban J connectivity index is 2.06. The molecule has 0 saturated heterocycles. The third-order valence-corrected chi connectivity index (χ3v) is 2.86. The van der Waals surface area contributed by atoms with Gasteiger partial charge in [-0.3, -0.25) is 4.79 Å². The summed E-state index contributed by atoms with van der Waals surface area (Å²) >= 11 is 0. The van der Waals surface area contributed by atoms with Gasteiger partial charge in [-0.05, 0) is 24.6 Å². The van der Waals surface area contributed by atoms with Crippen LogP contribution in [0, 0.1) is 0 Å². The van der Waals surface area contributed by atoms with Crippen LogP contribution in [0.4, 0.5) is 0 Å². The summed E-state index contributed by atoms with van der Waals surface area (Å²) in [6.45, 7) is 2.20. The number of carbonyl (C=O) groups excluding carboxylic acids is 2. The summed E-state index contributed by atoms with van der Waals surface area (Å²) in [6, 6.07) is 11.1. The molecular formula is C16H17N3O3. The van der Waals surface area contributed by atoms with E-state index in [9.17, 15) is 9.59 Å². The summed E-state index contributed by atoms with van der Waals surface area (Å²) in [7, 11) is 0. The van der Waals surface area contributed by atoms with Gasteiger partial charge in [-0.1, -0.05) is 31.5 Å². The van der Waals surface area contributed by atoms with Crippen LogP contribution in [0.25, 0.3) is 5.69 Å². The molecular weight excluding hydrogens is 282 g/mol. The van der Waals surface area contributed by atoms with Gasteiger partial charge in [0.15, 0.2) is 0 Å². The van der Waals surface area contributed by atoms with E-state index in [-0.39, 0.29) is 6.61 Å². The van der Waals surface area contributed by atoms with Crippen molar-refractivity contribution >= 4 is 11.9 Å². The molecule has 0 spiro atoms. The second kappa shape index (κ2) is 7.87. The average Bonchev–Trinajstić information content (AvgIpc) is 2.56. The lowest BCUT2D eigenvalue weighted by molar-refractivity contribution is -0.153. The van der Waals surface area contributed by atoms with Gasteiger partial charge < -0.3 is 4.74 Å². The summed E-state index contributed by atoms with van der Waals surface area (Å²) in [4.78, 5) is 26.7. The van der Waals surface area contributed by atoms with Gasteiger partial charge in [0, 0.05) is 6.20 Å². The Morgan fingerprint density at radius 2 is 2.00 bits per heavy atom. The summed E-state index contributed by atoms with van der Waals surface area (Å²) in [6.07, 6.45) is 4.71. The number of hydrogen-bond acceptors (Lipinski definition) is 4. The van der Waals surface area contributed by atoms with Crippen LogP contribution >= 0.6 is 0 Å². The number of aromatic nitrogens is 2. The summed E-state index contributed by atoms with van der Waals surface area (Å²) in [5.74, 6) is -1.86. The van der Waals surface area contributed by atoms with Crippen molar-refractivity contribution in [2.24, 2.45) is 4.99 Å². The SMILES string of the molecule is CCCCOC(=O)C(=O)N=c1ccn(-c2ccccc2)nc1. The molecule has 22 heavy (non-hydrogen) atoms. The first-order valence-electron chi connectivity index (χ1n) is 7.07. The van der Waals surface area contributed by atoms with Gasteiger partial charge in [-0.25, -0.2) is 14.5 Å². The topological polar surface area (TPSA) is 73.6 Å². The minimum absolute atomic E-state index is 0.234. The van der Waals surface area contributed by atoms with Crippen LogP contribution in [-0.2, 0) is 14.3 Å². The highest BCUT2D eigenvalue weighted by Crippen LogP contribution is 2.02. The van der Waals surface area contributed by atoms with Gasteiger partial charge in [0.05, 0.1) is 23.8 Å². The molecule has 0 radical (unpaired) electrons. The molecule has 2 aromatic rings. The Hall–Kier alpha value is -2.76. The number of benzene rings is 1. The normalized spacial score (nSPS) is 11.2. The molecule has 1 heterocycles. The van der Waals surface area contributed by atoms with Crippen LogP contribution < -0.4 is 5.36 Å². The maximum absolute atomic E-state index is 11.6. The fourth-order valence-electron chi connectivity index (χ4n) is 1.68. The molecule has 114 valence electrons. The summed E-state index contributed by atoms with van der Waals surface area (Å²) in [5, 5.41) is 4.47. The van der Waals surface area contributed by atoms with E-state index < -0.39 is 11.9 Å². The fourth-order valence-corrected chi connectivity index (χ4v) is 1.68. The van der Waals surface area contributed by atoms with Crippen molar-refractivity contribution in [1.29, 1.82) is 0 Å². The molecule has 0 aliphatic carbocycles. The van der Waals surface area contributed by atoms with Crippen LogP contribution in [0.5, 0.6) is 0 Å². The van der Waals surface area contributed by atoms with E-state index in [2.05, 4.69) is 10.1 Å². The van der Waals surface area contributed by atoms with Crippen LogP contribution in [0.3, 0.4) is 0 Å². The number of nitrogens with zero attached hydrogens (tertiary/aromatic N) is 3. The Morgan fingerprint density at radius 1 is 1.23 bits per heavy atom. The highest BCUT2D eigenvalue weighted by atomic mass is 16.5. The van der Waals surface area contributed by atoms with Crippen molar-refractivity contribution in [1.82, 2.24) is 9.78 Å². The Morgan fingerprint density at radius 3 is 2.64 bits per heavy atom. The third-order valence-electron chi connectivity index (χ3n) is 2.86. The van der Waals surface area contributed by atoms with E-state index in [0.29, 0.717) is 5.36 Å². The molecule has 0 aliphatic rings. The number of rotatable bonds is 4. The Labute approximate surface area is 128 Å². The predicted molar refractivity (Wildman–Crippen MR) is 80.0 cm³/mol. The number of unbranched alkanes of at least 4 members (excludes halogenated alkanes) is 1. The van der Waals surface area contributed by atoms with Crippen molar-refractivity contribution in [3.63, 3.8) is 0 Å². The first kappa shape index (κ1) is 15.6. The monoisotopic (exact) mass is 299 g/mol. The predicted octanol–water partition coefficient (Wildman–Crippen LogP) is 1.64. The molecule has 0 bridgehead atoms. The van der Waals surface area contributed by atoms with Gasteiger partial charge in [0.2, 0.25) is 0 Å². The lowest BCUT2D eigenvalue weighted by Crippen LogP contribution is -2.19. The molecule has 0 saturated carbocycles. The molecule has 0 unspecified atom stereocenters. The number of esters is 1. The minimum atomic E-state index is -0.937. The zero-order valence-corrected chi connectivity index (χ0v) is 12.3. The number of amides is 1. The van der Waals surface area contributed by atoms with Crippen molar-refractivity contribution in [2.75, 3.05) is 6.61 Å². The van der Waals surface area contributed by atoms with Crippen LogP contribution in [-0.4, -0.2) is 28.3 Å². The quantitative estimate of drug-likeness (QED) is 0.489. The largest absolute Gasteiger partial charge is 0.458 e. The number of para-hydroxylation sites is 1. The van der Waals surface area contributed by atoms with E-state index in [1.807, 2.05) is 37.3 Å². The van der Waals surface area contributed by atoms with E-state index >= 15 is 0 Å². The van der Waals surface area contributed by atoms with E-state index in [0.717, 1.165) is 18.5 Å². The van der Waals surface area contributed by atoms with E-state index in [4.69, 9.17) is 4.74 Å². The fraction of sp³-hybridized carbons (Fsp3) is 0.250. The van der Waals surface area contributed by atoms with Crippen molar-refractivity contribution in [2.45, 2.75) is 19.8 Å². The lowest BCUT2D eigenvalue weighted by Gasteiger charge is -2.03. The van der Waals surface area contributed by atoms with Gasteiger partial charge in [-0.2, -0.15) is 5.10 Å². The molecule has 6 heteroatoms. The highest BCUT2D eigenvalue weighted by Gasteiger charge is 2.13. The van der Waals surface area contributed by atoms with Gasteiger partial charge in [0.25, 0.3) is 0 Å². The van der Waals surface area contributed by atoms with Crippen LogP contribution in [0.2, 0.25) is 0 Å². The molecule has 6 nitrogen and oxygen atoms in total. The first-order valence-corrected chi connectivity index (χ1v) is 7.07. The second-order valence-electron chi connectivity index (χ2n) is 4.57. The van der Waals surface area contributed by atoms with Gasteiger partial charge in [0.1, 0.15) is 0 Å². The number of hydrogen-bond donors (Lipinski definition) is 0. The molecule has 0 aliphatic heterocycles. The van der Waals surface area contributed by atoms with Gasteiger partial charge >= 0.3 is 11.9 Å². The first-order chi connectivity index (χ1) is 10.7. The van der Waals surface area contributed by atoms with E-state index in [1.165, 1.54) is 6.20 Å². The highest BCUT2D eigenvalue weighted by molar-refractivity contribution is 6.32. The molecule has 1 amide bonds. The molecule has 2 rings (SSSR count). The number of carbonyl (C=O) groups is 2. The summed E-state index contributed by atoms with van der Waals surface area (Å²) < 4.78 is 6.44. The number of ether oxygens (including phenoxy) is 1. The molecule has 1 aromatic heterocycles. The minimum Gasteiger partial charge on any atom is -0.458 e. The average molecular weight is 299 g/mol. The Bertz CT molecular complexity index is 688. The zero-order chi connectivity index (χ0) is 15.8. The van der Waals surface area contributed by atoms with Crippen LogP contribution in [0.1, 0.15) is 19.8 Å². The maximum atomic E-state index is 11.6. The van der Waals surface area contributed by atoms with Gasteiger partial charge in [-0.15, -0.1) is 0 Å². The Kier molecular flexibility index (Phi) is 5.59. The van der Waals surface area contributed by atoms with Crippen molar-refractivity contribution in [3.8, 4) is 5.69 Å². The third kappa shape index (κ3) is 4.37. The van der Waals surface area contributed by atoms with Crippen molar-refractivity contribution < 1.29 is 14.3 Å². The molecule has 0 N–H and O–H groups in total. The standard InChI is InChI=1S/C16H17N3O3/c1-2-3-11-22-16(21)15(20)18-13-9-10-19(17-12-13)14-7-5-4-6-8-14/h4-10,12H,2-3,11H2,1H3. The van der Waals surface area contributed by atoms with Crippen LogP contribution in [0.15, 0.2) is 53.8 Å². The maximum Gasteiger partial charge on any atom is 0.399 e. The zero-order valence-electron chi connectivity index (χ0n) is 12.3. The van der Waals surface area contributed by atoms with E-state index in [1.54, 1.807) is 16.9 Å². The lowest BCUT2D eigenvalue weighted by atomic mass is 10.3. The van der Waals surface area contributed by atoms with Crippen molar-refractivity contribution in [3.05, 3.63) is 54.1 Å². The molecule has 1 aromatic carbocycles.